The third kappa shape index (κ3) is 3.01. The summed E-state index contributed by atoms with van der Waals surface area (Å²) in [6.45, 7) is 0.269. The molecular weight excluding hydrogens is 280 g/mol. The molecule has 0 fully saturated rings. The average molecular weight is 296 g/mol. The number of rotatable bonds is 5. The Morgan fingerprint density at radius 3 is 2.82 bits per heavy atom. The first-order valence-electron chi connectivity index (χ1n) is 6.79. The standard InChI is InChI=1S/C16H16N4O2/c1-21-12-6-4-5-11(9-12)16-18-15(19-20-16)10-22-14-8-3-2-7-13(14)17/h2-9H,10,17H2,1H3,(H,18,19,20). The fourth-order valence-corrected chi connectivity index (χ4v) is 2.01. The van der Waals surface area contributed by atoms with Crippen molar-refractivity contribution in [2.45, 2.75) is 6.61 Å². The predicted octanol–water partition coefficient (Wildman–Crippen LogP) is 2.64. The van der Waals surface area contributed by atoms with E-state index in [-0.39, 0.29) is 6.61 Å². The topological polar surface area (TPSA) is 86.0 Å². The van der Waals surface area contributed by atoms with Crippen LogP contribution in [0.5, 0.6) is 11.5 Å². The maximum absolute atomic E-state index is 5.83. The number of nitrogens with zero attached hydrogens (tertiary/aromatic N) is 2. The highest BCUT2D eigenvalue weighted by Gasteiger charge is 2.08. The number of nitrogens with two attached hydrogens (primary N) is 1. The molecule has 0 bridgehead atoms. The maximum atomic E-state index is 5.83. The molecule has 0 aliphatic heterocycles. The van der Waals surface area contributed by atoms with E-state index in [1.54, 1.807) is 13.2 Å². The van der Waals surface area contributed by atoms with Crippen LogP contribution in [-0.4, -0.2) is 22.3 Å². The minimum absolute atomic E-state index is 0.269. The molecule has 0 saturated carbocycles. The fourth-order valence-electron chi connectivity index (χ4n) is 2.01. The van der Waals surface area contributed by atoms with Gasteiger partial charge in [0, 0.05) is 5.56 Å². The maximum Gasteiger partial charge on any atom is 0.181 e. The van der Waals surface area contributed by atoms with Crippen LogP contribution in [0, 0.1) is 0 Å². The molecule has 112 valence electrons. The van der Waals surface area contributed by atoms with Crippen LogP contribution in [0.15, 0.2) is 48.5 Å². The Morgan fingerprint density at radius 1 is 1.14 bits per heavy atom. The predicted molar refractivity (Wildman–Crippen MR) is 83.6 cm³/mol. The van der Waals surface area contributed by atoms with Crippen LogP contribution < -0.4 is 15.2 Å². The molecular formula is C16H16N4O2. The second kappa shape index (κ2) is 6.17. The Balaban J connectivity index is 1.72. The molecule has 0 saturated heterocycles. The average Bonchev–Trinajstić information content (AvgIpc) is 3.03. The number of H-pyrrole nitrogens is 1. The Kier molecular flexibility index (Phi) is 3.91. The van der Waals surface area contributed by atoms with Crippen molar-refractivity contribution in [1.82, 2.24) is 15.2 Å². The van der Waals surface area contributed by atoms with Crippen molar-refractivity contribution in [3.63, 3.8) is 0 Å². The number of nitrogen functional groups attached to an aromatic ring is 1. The highest BCUT2D eigenvalue weighted by molar-refractivity contribution is 5.57. The molecule has 1 aromatic heterocycles. The lowest BCUT2D eigenvalue weighted by molar-refractivity contribution is 0.298. The van der Waals surface area contributed by atoms with Gasteiger partial charge in [-0.2, -0.15) is 5.10 Å². The Labute approximate surface area is 127 Å². The summed E-state index contributed by atoms with van der Waals surface area (Å²) < 4.78 is 10.8. The van der Waals surface area contributed by atoms with Crippen molar-refractivity contribution in [3.8, 4) is 22.9 Å². The van der Waals surface area contributed by atoms with Crippen molar-refractivity contribution in [1.29, 1.82) is 0 Å². The first-order valence-corrected chi connectivity index (χ1v) is 6.79. The van der Waals surface area contributed by atoms with Crippen LogP contribution in [0.4, 0.5) is 5.69 Å². The van der Waals surface area contributed by atoms with Crippen LogP contribution in [0.3, 0.4) is 0 Å². The Hall–Kier alpha value is -3.02. The summed E-state index contributed by atoms with van der Waals surface area (Å²) in [6, 6.07) is 14.9. The molecule has 0 amide bonds. The van der Waals surface area contributed by atoms with Crippen LogP contribution in [0.25, 0.3) is 11.4 Å². The second-order valence-electron chi connectivity index (χ2n) is 4.66. The lowest BCUT2D eigenvalue weighted by Crippen LogP contribution is -2.00. The van der Waals surface area contributed by atoms with Gasteiger partial charge < -0.3 is 15.2 Å². The van der Waals surface area contributed by atoms with E-state index in [1.807, 2.05) is 42.5 Å². The van der Waals surface area contributed by atoms with Gasteiger partial charge in [-0.3, -0.25) is 5.10 Å². The van der Waals surface area contributed by atoms with E-state index in [0.717, 1.165) is 11.3 Å². The zero-order chi connectivity index (χ0) is 15.4. The van der Waals surface area contributed by atoms with Crippen LogP contribution in [0.2, 0.25) is 0 Å². The summed E-state index contributed by atoms with van der Waals surface area (Å²) in [7, 11) is 1.63. The summed E-state index contributed by atoms with van der Waals surface area (Å²) in [4.78, 5) is 4.41. The number of para-hydroxylation sites is 2. The third-order valence-corrected chi connectivity index (χ3v) is 3.14. The normalized spacial score (nSPS) is 10.4. The number of methoxy groups -OCH3 is 1. The molecule has 0 aliphatic rings. The minimum Gasteiger partial charge on any atom is -0.497 e. The van der Waals surface area contributed by atoms with E-state index in [9.17, 15) is 0 Å². The summed E-state index contributed by atoms with van der Waals surface area (Å²) in [5, 5.41) is 7.06. The van der Waals surface area contributed by atoms with Crippen LogP contribution in [0.1, 0.15) is 5.82 Å². The molecule has 6 nitrogen and oxygen atoms in total. The molecule has 1 heterocycles. The summed E-state index contributed by atoms with van der Waals surface area (Å²) in [5.41, 5.74) is 7.30. The number of hydrogen-bond donors (Lipinski definition) is 2. The largest absolute Gasteiger partial charge is 0.497 e. The molecule has 0 atom stereocenters. The smallest absolute Gasteiger partial charge is 0.181 e. The Morgan fingerprint density at radius 2 is 2.00 bits per heavy atom. The van der Waals surface area contributed by atoms with E-state index in [0.29, 0.717) is 23.1 Å². The van der Waals surface area contributed by atoms with Gasteiger partial charge in [-0.1, -0.05) is 24.3 Å². The van der Waals surface area contributed by atoms with Gasteiger partial charge in [-0.05, 0) is 24.3 Å². The zero-order valence-electron chi connectivity index (χ0n) is 12.1. The van der Waals surface area contributed by atoms with Crippen molar-refractivity contribution >= 4 is 5.69 Å². The number of ether oxygens (including phenoxy) is 2. The third-order valence-electron chi connectivity index (χ3n) is 3.14. The van der Waals surface area contributed by atoms with Gasteiger partial charge in [0.15, 0.2) is 11.6 Å². The van der Waals surface area contributed by atoms with Gasteiger partial charge >= 0.3 is 0 Å². The van der Waals surface area contributed by atoms with Gasteiger partial charge in [0.1, 0.15) is 18.1 Å². The summed E-state index contributed by atoms with van der Waals surface area (Å²) >= 11 is 0. The van der Waals surface area contributed by atoms with Gasteiger partial charge in [-0.15, -0.1) is 0 Å². The van der Waals surface area contributed by atoms with Crippen molar-refractivity contribution in [2.75, 3.05) is 12.8 Å². The number of benzene rings is 2. The van der Waals surface area contributed by atoms with Gasteiger partial charge in [0.2, 0.25) is 0 Å². The lowest BCUT2D eigenvalue weighted by atomic mass is 10.2. The van der Waals surface area contributed by atoms with Gasteiger partial charge in [0.05, 0.1) is 12.8 Å². The molecule has 0 aliphatic carbocycles. The number of aromatic amines is 1. The van der Waals surface area contributed by atoms with Crippen LogP contribution >= 0.6 is 0 Å². The van der Waals surface area contributed by atoms with Crippen molar-refractivity contribution in [2.24, 2.45) is 0 Å². The quantitative estimate of drug-likeness (QED) is 0.707. The number of hydrogen-bond acceptors (Lipinski definition) is 5. The first-order chi connectivity index (χ1) is 10.8. The van der Waals surface area contributed by atoms with Crippen LogP contribution in [-0.2, 0) is 6.61 Å². The minimum atomic E-state index is 0.269. The molecule has 0 spiro atoms. The molecule has 3 N–H and O–H groups in total. The molecule has 3 aromatic rings. The molecule has 2 aromatic carbocycles. The highest BCUT2D eigenvalue weighted by Crippen LogP contribution is 2.22. The number of nitrogens with one attached hydrogen (secondary N) is 1. The molecule has 3 rings (SSSR count). The fraction of sp³-hybridized carbons (Fsp3) is 0.125. The SMILES string of the molecule is COc1cccc(-c2n[nH]c(COc3ccccc3N)n2)c1. The van der Waals surface area contributed by atoms with E-state index in [2.05, 4.69) is 15.2 Å². The monoisotopic (exact) mass is 296 g/mol. The Bertz CT molecular complexity index is 770. The first kappa shape index (κ1) is 13.9. The van der Waals surface area contributed by atoms with E-state index in [1.165, 1.54) is 0 Å². The van der Waals surface area contributed by atoms with Gasteiger partial charge in [-0.25, -0.2) is 4.98 Å². The summed E-state index contributed by atoms with van der Waals surface area (Å²) in [5.74, 6) is 2.61. The van der Waals surface area contributed by atoms with Crippen molar-refractivity contribution in [3.05, 3.63) is 54.4 Å². The zero-order valence-corrected chi connectivity index (χ0v) is 12.1. The number of anilines is 1. The van der Waals surface area contributed by atoms with E-state index >= 15 is 0 Å². The highest BCUT2D eigenvalue weighted by atomic mass is 16.5. The van der Waals surface area contributed by atoms with E-state index < -0.39 is 0 Å². The van der Waals surface area contributed by atoms with E-state index in [4.69, 9.17) is 15.2 Å². The molecule has 22 heavy (non-hydrogen) atoms. The summed E-state index contributed by atoms with van der Waals surface area (Å²) in [6.07, 6.45) is 0. The molecule has 0 radical (unpaired) electrons. The van der Waals surface area contributed by atoms with Gasteiger partial charge in [0.25, 0.3) is 0 Å². The van der Waals surface area contributed by atoms with Crippen molar-refractivity contribution < 1.29 is 9.47 Å². The second-order valence-corrected chi connectivity index (χ2v) is 4.66. The lowest BCUT2D eigenvalue weighted by Gasteiger charge is -2.06. The molecule has 6 heteroatoms. The molecule has 0 unspecified atom stereocenters. The number of aromatic nitrogens is 3.